The number of nitrogens with zero attached hydrogens (tertiary/aromatic N) is 3. The van der Waals surface area contributed by atoms with Gasteiger partial charge in [0.25, 0.3) is 0 Å². The first-order chi connectivity index (χ1) is 9.15. The predicted octanol–water partition coefficient (Wildman–Crippen LogP) is 0.579. The van der Waals surface area contributed by atoms with E-state index in [9.17, 15) is 9.59 Å². The molecular weight excluding hydrogens is 292 g/mol. The van der Waals surface area contributed by atoms with Crippen LogP contribution in [0.1, 0.15) is 0 Å². The van der Waals surface area contributed by atoms with E-state index in [0.717, 1.165) is 23.1 Å². The number of carboxylic acids is 1. The summed E-state index contributed by atoms with van der Waals surface area (Å²) in [5, 5.41) is 19.1. The summed E-state index contributed by atoms with van der Waals surface area (Å²) >= 11 is 2.23. The van der Waals surface area contributed by atoms with Gasteiger partial charge in [0.2, 0.25) is 5.13 Å². The van der Waals surface area contributed by atoms with Crippen LogP contribution in [0.5, 0.6) is 0 Å². The zero-order valence-electron chi connectivity index (χ0n) is 9.87. The van der Waals surface area contributed by atoms with Crippen molar-refractivity contribution in [3.8, 4) is 0 Å². The highest BCUT2D eigenvalue weighted by Gasteiger charge is 2.18. The molecule has 1 aromatic rings. The fourth-order valence-electron chi connectivity index (χ4n) is 1.38. The van der Waals surface area contributed by atoms with Gasteiger partial charge in [-0.3, -0.25) is 10.1 Å². The van der Waals surface area contributed by atoms with Crippen molar-refractivity contribution in [2.45, 2.75) is 4.34 Å². The van der Waals surface area contributed by atoms with Gasteiger partial charge in [-0.25, -0.2) is 4.79 Å². The summed E-state index contributed by atoms with van der Waals surface area (Å²) in [7, 11) is 0. The third-order valence-corrected chi connectivity index (χ3v) is 4.19. The van der Waals surface area contributed by atoms with E-state index in [-0.39, 0.29) is 11.8 Å². The van der Waals surface area contributed by atoms with E-state index in [0.29, 0.717) is 35.8 Å². The fraction of sp³-hybridized carbons (Fsp3) is 0.556. The minimum Gasteiger partial charge on any atom is -0.481 e. The summed E-state index contributed by atoms with van der Waals surface area (Å²) in [5.74, 6) is -0.995. The number of ether oxygens (including phenoxy) is 1. The smallest absolute Gasteiger partial charge is 0.323 e. The SMILES string of the molecule is O=C(O)CSc1nnc(NC(=O)N2CCOCC2)s1. The number of aliphatic carboxylic acids is 1. The molecule has 2 rings (SSSR count). The number of carboxylic acid groups (broad SMARTS) is 1. The molecule has 0 atom stereocenters. The Bertz CT molecular complexity index is 461. The van der Waals surface area contributed by atoms with Crippen molar-refractivity contribution in [3.63, 3.8) is 0 Å². The number of hydrogen-bond acceptors (Lipinski definition) is 7. The van der Waals surface area contributed by atoms with Crippen LogP contribution < -0.4 is 5.32 Å². The molecule has 0 saturated carbocycles. The number of thioether (sulfide) groups is 1. The van der Waals surface area contributed by atoms with Gasteiger partial charge >= 0.3 is 12.0 Å². The van der Waals surface area contributed by atoms with Crippen molar-refractivity contribution in [2.75, 3.05) is 37.4 Å². The molecule has 1 aliphatic rings. The highest BCUT2D eigenvalue weighted by Crippen LogP contribution is 2.25. The van der Waals surface area contributed by atoms with E-state index < -0.39 is 5.97 Å². The number of hydrogen-bond donors (Lipinski definition) is 2. The Morgan fingerprint density at radius 3 is 2.84 bits per heavy atom. The molecule has 10 heteroatoms. The molecule has 1 aromatic heterocycles. The second-order valence-electron chi connectivity index (χ2n) is 3.59. The van der Waals surface area contributed by atoms with Gasteiger partial charge < -0.3 is 14.7 Å². The molecule has 2 N–H and O–H groups in total. The first-order valence-corrected chi connectivity index (χ1v) is 7.27. The van der Waals surface area contributed by atoms with Crippen molar-refractivity contribution in [1.82, 2.24) is 15.1 Å². The first-order valence-electron chi connectivity index (χ1n) is 5.47. The lowest BCUT2D eigenvalue weighted by Gasteiger charge is -2.26. The van der Waals surface area contributed by atoms with Crippen LogP contribution in [-0.2, 0) is 9.53 Å². The maximum atomic E-state index is 11.8. The number of urea groups is 1. The van der Waals surface area contributed by atoms with Gasteiger partial charge in [-0.05, 0) is 0 Å². The van der Waals surface area contributed by atoms with E-state index in [4.69, 9.17) is 9.84 Å². The van der Waals surface area contributed by atoms with E-state index >= 15 is 0 Å². The number of nitrogens with one attached hydrogen (secondary N) is 1. The lowest BCUT2D eigenvalue weighted by Crippen LogP contribution is -2.43. The van der Waals surface area contributed by atoms with Gasteiger partial charge in [-0.1, -0.05) is 23.1 Å². The molecule has 0 spiro atoms. The van der Waals surface area contributed by atoms with Gasteiger partial charge in [0.05, 0.1) is 19.0 Å². The standard InChI is InChI=1S/C9H12N4O4S2/c14-6(15)5-18-9-12-11-7(19-9)10-8(16)13-1-3-17-4-2-13/h1-5H2,(H,14,15)(H,10,11,16). The molecule has 0 aromatic carbocycles. The molecule has 1 saturated heterocycles. The van der Waals surface area contributed by atoms with Crippen molar-refractivity contribution in [3.05, 3.63) is 0 Å². The molecule has 19 heavy (non-hydrogen) atoms. The summed E-state index contributed by atoms with van der Waals surface area (Å²) in [4.78, 5) is 23.9. The van der Waals surface area contributed by atoms with Crippen molar-refractivity contribution in [1.29, 1.82) is 0 Å². The Labute approximate surface area is 117 Å². The summed E-state index contributed by atoms with van der Waals surface area (Å²) in [6.07, 6.45) is 0. The number of rotatable bonds is 4. The third-order valence-electron chi connectivity index (χ3n) is 2.24. The van der Waals surface area contributed by atoms with E-state index in [1.165, 1.54) is 0 Å². The number of anilines is 1. The van der Waals surface area contributed by atoms with Crippen molar-refractivity contribution < 1.29 is 19.4 Å². The maximum absolute atomic E-state index is 11.8. The van der Waals surface area contributed by atoms with Gasteiger partial charge in [-0.15, -0.1) is 10.2 Å². The molecule has 0 aliphatic carbocycles. The Morgan fingerprint density at radius 2 is 2.16 bits per heavy atom. The molecule has 0 radical (unpaired) electrons. The maximum Gasteiger partial charge on any atom is 0.323 e. The number of carbonyl (C=O) groups is 2. The van der Waals surface area contributed by atoms with E-state index in [2.05, 4.69) is 15.5 Å². The summed E-state index contributed by atoms with van der Waals surface area (Å²) < 4.78 is 5.67. The van der Waals surface area contributed by atoms with Crippen LogP contribution in [-0.4, -0.2) is 64.3 Å². The van der Waals surface area contributed by atoms with Gasteiger partial charge in [-0.2, -0.15) is 0 Å². The number of amides is 2. The Kier molecular flexibility index (Phi) is 4.93. The van der Waals surface area contributed by atoms with E-state index in [1.807, 2.05) is 0 Å². The van der Waals surface area contributed by atoms with Gasteiger partial charge in [0.1, 0.15) is 0 Å². The van der Waals surface area contributed by atoms with Gasteiger partial charge in [0.15, 0.2) is 4.34 Å². The normalized spacial score (nSPS) is 15.3. The zero-order chi connectivity index (χ0) is 13.7. The van der Waals surface area contributed by atoms with Crippen LogP contribution in [0.15, 0.2) is 4.34 Å². The summed E-state index contributed by atoms with van der Waals surface area (Å²) in [5.41, 5.74) is 0. The van der Waals surface area contributed by atoms with Gasteiger partial charge in [0, 0.05) is 13.1 Å². The monoisotopic (exact) mass is 304 g/mol. The molecule has 1 fully saturated rings. The first kappa shape index (κ1) is 14.0. The highest BCUT2D eigenvalue weighted by atomic mass is 32.2. The number of morpholine rings is 1. The van der Waals surface area contributed by atoms with Crippen LogP contribution in [0.3, 0.4) is 0 Å². The Morgan fingerprint density at radius 1 is 1.42 bits per heavy atom. The highest BCUT2D eigenvalue weighted by molar-refractivity contribution is 8.01. The van der Waals surface area contributed by atoms with Crippen LogP contribution in [0, 0.1) is 0 Å². The van der Waals surface area contributed by atoms with Crippen molar-refractivity contribution in [2.24, 2.45) is 0 Å². The molecule has 1 aliphatic heterocycles. The summed E-state index contributed by atoms with van der Waals surface area (Å²) in [6.45, 7) is 2.16. The van der Waals surface area contributed by atoms with Crippen LogP contribution >= 0.6 is 23.1 Å². The fourth-order valence-corrected chi connectivity index (χ4v) is 2.84. The zero-order valence-corrected chi connectivity index (χ0v) is 11.5. The lowest BCUT2D eigenvalue weighted by atomic mass is 10.4. The average Bonchev–Trinajstić information content (AvgIpc) is 2.85. The molecule has 2 heterocycles. The molecule has 8 nitrogen and oxygen atoms in total. The van der Waals surface area contributed by atoms with Crippen LogP contribution in [0.4, 0.5) is 9.93 Å². The Balaban J connectivity index is 1.84. The predicted molar refractivity (Wildman–Crippen MR) is 69.7 cm³/mol. The Hall–Kier alpha value is -1.39. The third kappa shape index (κ3) is 4.33. The van der Waals surface area contributed by atoms with Crippen molar-refractivity contribution >= 4 is 40.2 Å². The summed E-state index contributed by atoms with van der Waals surface area (Å²) in [6, 6.07) is -0.241. The quantitative estimate of drug-likeness (QED) is 0.619. The molecular formula is C9H12N4O4S2. The second kappa shape index (κ2) is 6.68. The number of aromatic nitrogens is 2. The second-order valence-corrected chi connectivity index (χ2v) is 5.79. The minimum absolute atomic E-state index is 0.0773. The minimum atomic E-state index is -0.917. The van der Waals surface area contributed by atoms with Crippen LogP contribution in [0.2, 0.25) is 0 Å². The van der Waals surface area contributed by atoms with E-state index in [1.54, 1.807) is 4.90 Å². The van der Waals surface area contributed by atoms with Crippen LogP contribution in [0.25, 0.3) is 0 Å². The topological polar surface area (TPSA) is 105 Å². The molecule has 104 valence electrons. The lowest BCUT2D eigenvalue weighted by molar-refractivity contribution is -0.133. The number of carbonyl (C=O) groups excluding carboxylic acids is 1. The molecule has 2 amide bonds. The average molecular weight is 304 g/mol. The molecule has 0 bridgehead atoms. The molecule has 0 unspecified atom stereocenters. The largest absolute Gasteiger partial charge is 0.481 e.